The third-order valence-electron chi connectivity index (χ3n) is 3.46. The SMILES string of the molecule is CCCc1c(N)n[nH]c1C1(CC)CC1. The van der Waals surface area contributed by atoms with Crippen molar-refractivity contribution in [3.05, 3.63) is 11.3 Å². The summed E-state index contributed by atoms with van der Waals surface area (Å²) < 4.78 is 0. The van der Waals surface area contributed by atoms with E-state index in [0.29, 0.717) is 11.2 Å². The van der Waals surface area contributed by atoms with Crippen LogP contribution in [0.2, 0.25) is 0 Å². The summed E-state index contributed by atoms with van der Waals surface area (Å²) in [7, 11) is 0. The summed E-state index contributed by atoms with van der Waals surface area (Å²) in [6.07, 6.45) is 5.98. The van der Waals surface area contributed by atoms with Crippen molar-refractivity contribution in [1.29, 1.82) is 0 Å². The molecule has 0 aromatic carbocycles. The number of hydrogen-bond acceptors (Lipinski definition) is 2. The van der Waals surface area contributed by atoms with Gasteiger partial charge in [0, 0.05) is 16.7 Å². The topological polar surface area (TPSA) is 54.7 Å². The Balaban J connectivity index is 2.33. The zero-order chi connectivity index (χ0) is 10.2. The normalized spacial score (nSPS) is 18.4. The first-order chi connectivity index (χ1) is 6.73. The number of rotatable bonds is 4. The lowest BCUT2D eigenvalue weighted by atomic mass is 9.94. The van der Waals surface area contributed by atoms with Gasteiger partial charge in [-0.05, 0) is 25.7 Å². The molecule has 0 bridgehead atoms. The third-order valence-corrected chi connectivity index (χ3v) is 3.46. The first-order valence-electron chi connectivity index (χ1n) is 5.56. The molecular weight excluding hydrogens is 174 g/mol. The maximum atomic E-state index is 5.86. The van der Waals surface area contributed by atoms with Gasteiger partial charge in [0.2, 0.25) is 0 Å². The average molecular weight is 193 g/mol. The van der Waals surface area contributed by atoms with E-state index in [9.17, 15) is 0 Å². The van der Waals surface area contributed by atoms with Gasteiger partial charge in [0.25, 0.3) is 0 Å². The molecule has 1 aliphatic carbocycles. The smallest absolute Gasteiger partial charge is 0.148 e. The van der Waals surface area contributed by atoms with Crippen LogP contribution in [0.4, 0.5) is 5.82 Å². The van der Waals surface area contributed by atoms with Gasteiger partial charge in [-0.2, -0.15) is 5.10 Å². The molecule has 0 saturated heterocycles. The lowest BCUT2D eigenvalue weighted by Gasteiger charge is -2.12. The first kappa shape index (κ1) is 9.56. The van der Waals surface area contributed by atoms with E-state index in [-0.39, 0.29) is 0 Å². The molecule has 78 valence electrons. The van der Waals surface area contributed by atoms with Gasteiger partial charge in [0.05, 0.1) is 0 Å². The molecule has 0 amide bonds. The minimum Gasteiger partial charge on any atom is -0.382 e. The minimum absolute atomic E-state index is 0.398. The van der Waals surface area contributed by atoms with Crippen molar-refractivity contribution in [3.8, 4) is 0 Å². The highest BCUT2D eigenvalue weighted by Gasteiger charge is 2.45. The number of nitrogen functional groups attached to an aromatic ring is 1. The summed E-state index contributed by atoms with van der Waals surface area (Å²) in [5.74, 6) is 0.710. The van der Waals surface area contributed by atoms with Crippen LogP contribution in [0.5, 0.6) is 0 Å². The second-order valence-corrected chi connectivity index (χ2v) is 4.35. The fourth-order valence-electron chi connectivity index (χ4n) is 2.25. The van der Waals surface area contributed by atoms with Crippen LogP contribution in [0.3, 0.4) is 0 Å². The lowest BCUT2D eigenvalue weighted by molar-refractivity contribution is 0.628. The summed E-state index contributed by atoms with van der Waals surface area (Å²) in [5, 5.41) is 7.28. The Hall–Kier alpha value is -0.990. The van der Waals surface area contributed by atoms with E-state index in [4.69, 9.17) is 5.73 Å². The van der Waals surface area contributed by atoms with Gasteiger partial charge in [-0.15, -0.1) is 0 Å². The molecule has 0 atom stereocenters. The van der Waals surface area contributed by atoms with E-state index in [1.807, 2.05) is 0 Å². The maximum absolute atomic E-state index is 5.86. The monoisotopic (exact) mass is 193 g/mol. The van der Waals surface area contributed by atoms with Crippen LogP contribution in [0.1, 0.15) is 50.8 Å². The second-order valence-electron chi connectivity index (χ2n) is 4.35. The highest BCUT2D eigenvalue weighted by molar-refractivity contribution is 5.46. The van der Waals surface area contributed by atoms with Crippen molar-refractivity contribution in [2.45, 2.75) is 51.4 Å². The Morgan fingerprint density at radius 3 is 2.64 bits per heavy atom. The van der Waals surface area contributed by atoms with Crippen LogP contribution in [0.25, 0.3) is 0 Å². The Morgan fingerprint density at radius 2 is 2.14 bits per heavy atom. The number of nitrogens with zero attached hydrogens (tertiary/aromatic N) is 1. The fraction of sp³-hybridized carbons (Fsp3) is 0.727. The van der Waals surface area contributed by atoms with Crippen LogP contribution in [0.15, 0.2) is 0 Å². The number of nitrogens with two attached hydrogens (primary N) is 1. The molecule has 0 aliphatic heterocycles. The standard InChI is InChI=1S/C11H19N3/c1-3-5-8-9(13-14-10(8)12)11(4-2)6-7-11/h3-7H2,1-2H3,(H3,12,13,14). The van der Waals surface area contributed by atoms with Gasteiger partial charge in [-0.1, -0.05) is 20.3 Å². The van der Waals surface area contributed by atoms with Crippen molar-refractivity contribution in [2.75, 3.05) is 5.73 Å². The number of aromatic nitrogens is 2. The molecule has 1 aromatic heterocycles. The molecule has 0 spiro atoms. The Bertz CT molecular complexity index is 323. The Morgan fingerprint density at radius 1 is 1.43 bits per heavy atom. The summed E-state index contributed by atoms with van der Waals surface area (Å²) >= 11 is 0. The van der Waals surface area contributed by atoms with E-state index < -0.39 is 0 Å². The van der Waals surface area contributed by atoms with Crippen LogP contribution in [0, 0.1) is 0 Å². The zero-order valence-corrected chi connectivity index (χ0v) is 9.06. The van der Waals surface area contributed by atoms with Crippen molar-refractivity contribution in [3.63, 3.8) is 0 Å². The molecule has 14 heavy (non-hydrogen) atoms. The molecule has 2 rings (SSSR count). The maximum Gasteiger partial charge on any atom is 0.148 e. The van der Waals surface area contributed by atoms with Crippen LogP contribution in [-0.2, 0) is 11.8 Å². The highest BCUT2D eigenvalue weighted by atomic mass is 15.2. The van der Waals surface area contributed by atoms with Crippen molar-refractivity contribution in [1.82, 2.24) is 10.2 Å². The number of aromatic amines is 1. The first-order valence-corrected chi connectivity index (χ1v) is 5.56. The van der Waals surface area contributed by atoms with E-state index >= 15 is 0 Å². The predicted molar refractivity (Wildman–Crippen MR) is 58.2 cm³/mol. The number of anilines is 1. The molecule has 1 heterocycles. The molecule has 3 N–H and O–H groups in total. The summed E-state index contributed by atoms with van der Waals surface area (Å²) in [6, 6.07) is 0. The highest BCUT2D eigenvalue weighted by Crippen LogP contribution is 2.51. The number of H-pyrrole nitrogens is 1. The molecule has 3 heteroatoms. The molecule has 3 nitrogen and oxygen atoms in total. The molecular formula is C11H19N3. The van der Waals surface area contributed by atoms with Gasteiger partial charge in [0.1, 0.15) is 5.82 Å². The van der Waals surface area contributed by atoms with Gasteiger partial charge < -0.3 is 5.73 Å². The molecule has 1 aromatic rings. The quantitative estimate of drug-likeness (QED) is 0.771. The molecule has 0 unspecified atom stereocenters. The molecule has 1 aliphatic rings. The van der Waals surface area contributed by atoms with Crippen molar-refractivity contribution < 1.29 is 0 Å². The van der Waals surface area contributed by atoms with Gasteiger partial charge in [-0.3, -0.25) is 5.10 Å². The third kappa shape index (κ3) is 1.31. The van der Waals surface area contributed by atoms with Crippen molar-refractivity contribution >= 4 is 5.82 Å². The average Bonchev–Trinajstić information content (AvgIpc) is 2.90. The van der Waals surface area contributed by atoms with Gasteiger partial charge in [-0.25, -0.2) is 0 Å². The van der Waals surface area contributed by atoms with E-state index in [1.165, 1.54) is 30.5 Å². The van der Waals surface area contributed by atoms with Crippen LogP contribution < -0.4 is 5.73 Å². The zero-order valence-electron chi connectivity index (χ0n) is 9.06. The molecule has 0 radical (unpaired) electrons. The summed E-state index contributed by atoms with van der Waals surface area (Å²) in [4.78, 5) is 0. The summed E-state index contributed by atoms with van der Waals surface area (Å²) in [5.41, 5.74) is 8.85. The largest absolute Gasteiger partial charge is 0.382 e. The van der Waals surface area contributed by atoms with E-state index in [2.05, 4.69) is 24.0 Å². The minimum atomic E-state index is 0.398. The van der Waals surface area contributed by atoms with E-state index in [0.717, 1.165) is 12.8 Å². The Labute approximate surface area is 85.1 Å². The van der Waals surface area contributed by atoms with Gasteiger partial charge >= 0.3 is 0 Å². The number of hydrogen-bond donors (Lipinski definition) is 2. The summed E-state index contributed by atoms with van der Waals surface area (Å²) in [6.45, 7) is 4.43. The lowest BCUT2D eigenvalue weighted by Crippen LogP contribution is -2.08. The van der Waals surface area contributed by atoms with Crippen LogP contribution >= 0.6 is 0 Å². The fourth-order valence-corrected chi connectivity index (χ4v) is 2.25. The molecule has 1 fully saturated rings. The molecule has 1 saturated carbocycles. The van der Waals surface area contributed by atoms with E-state index in [1.54, 1.807) is 0 Å². The number of nitrogens with one attached hydrogen (secondary N) is 1. The predicted octanol–water partition coefficient (Wildman–Crippen LogP) is 2.39. The van der Waals surface area contributed by atoms with Crippen molar-refractivity contribution in [2.24, 2.45) is 0 Å². The second kappa shape index (κ2) is 3.30. The Kier molecular flexibility index (Phi) is 2.25. The van der Waals surface area contributed by atoms with Gasteiger partial charge in [0.15, 0.2) is 0 Å². The van der Waals surface area contributed by atoms with Crippen LogP contribution in [-0.4, -0.2) is 10.2 Å².